The molecule has 7 nitrogen and oxygen atoms in total. The number of hydrogen-bond acceptors (Lipinski definition) is 5. The van der Waals surface area contributed by atoms with E-state index >= 15 is 0 Å². The average molecular weight is 349 g/mol. The van der Waals surface area contributed by atoms with E-state index in [-0.39, 0.29) is 12.0 Å². The monoisotopic (exact) mass is 349 g/mol. The molecule has 0 bridgehead atoms. The van der Waals surface area contributed by atoms with Gasteiger partial charge in [-0.05, 0) is 51.6 Å². The number of carbonyl (C=O) groups excluding carboxylic acids is 1. The van der Waals surface area contributed by atoms with E-state index in [4.69, 9.17) is 4.74 Å². The Hall–Kier alpha value is -1.47. The third-order valence-electron chi connectivity index (χ3n) is 5.47. The maximum Gasteiger partial charge on any atom is 0.273 e. The minimum absolute atomic E-state index is 0.120. The third kappa shape index (κ3) is 4.20. The first-order valence-electron chi connectivity index (χ1n) is 9.60. The molecule has 140 valence electrons. The molecule has 1 aromatic heterocycles. The second kappa shape index (κ2) is 8.27. The molecule has 0 radical (unpaired) electrons. The fourth-order valence-electron chi connectivity index (χ4n) is 4.08. The molecule has 2 N–H and O–H groups in total. The average Bonchev–Trinajstić information content (AvgIpc) is 3.02. The molecule has 2 saturated heterocycles. The highest BCUT2D eigenvalue weighted by molar-refractivity contribution is 5.93. The van der Waals surface area contributed by atoms with E-state index in [1.165, 1.54) is 0 Å². The van der Waals surface area contributed by atoms with Gasteiger partial charge in [0.2, 0.25) is 0 Å². The van der Waals surface area contributed by atoms with E-state index in [1.54, 1.807) is 0 Å². The Morgan fingerprint density at radius 3 is 2.84 bits per heavy atom. The molecule has 25 heavy (non-hydrogen) atoms. The Kier molecular flexibility index (Phi) is 6.06. The summed E-state index contributed by atoms with van der Waals surface area (Å²) >= 11 is 0. The van der Waals surface area contributed by atoms with Crippen molar-refractivity contribution in [3.8, 4) is 0 Å². The van der Waals surface area contributed by atoms with Crippen LogP contribution in [0.25, 0.3) is 0 Å². The van der Waals surface area contributed by atoms with E-state index in [2.05, 4.69) is 34.8 Å². The molecule has 2 aliphatic rings. The molecule has 0 spiro atoms. The Morgan fingerprint density at radius 1 is 1.36 bits per heavy atom. The van der Waals surface area contributed by atoms with E-state index in [1.807, 2.05) is 11.6 Å². The number of ether oxygens (including phenoxy) is 1. The van der Waals surface area contributed by atoms with Crippen molar-refractivity contribution >= 4 is 5.91 Å². The zero-order valence-electron chi connectivity index (χ0n) is 15.6. The van der Waals surface area contributed by atoms with Crippen molar-refractivity contribution in [1.29, 1.82) is 0 Å². The van der Waals surface area contributed by atoms with Crippen molar-refractivity contribution in [1.82, 2.24) is 25.6 Å². The standard InChI is InChI=1S/C18H31N5O2/c1-12(2)17-14(5-4-10-25-17)11-20-18(24)16-13(3)23(22-21-16)15-6-8-19-9-7-15/h12,14-15,17,19H,4-11H2,1-3H3,(H,20,24)/t14-,17-/m1/s1. The lowest BCUT2D eigenvalue weighted by Gasteiger charge is -2.34. The Labute approximate surface area is 149 Å². The zero-order valence-corrected chi connectivity index (χ0v) is 15.6. The number of amides is 1. The number of nitrogens with zero attached hydrogens (tertiary/aromatic N) is 3. The number of aromatic nitrogens is 3. The summed E-state index contributed by atoms with van der Waals surface area (Å²) in [7, 11) is 0. The summed E-state index contributed by atoms with van der Waals surface area (Å²) in [5, 5.41) is 14.8. The molecule has 3 rings (SSSR count). The molecule has 2 fully saturated rings. The maximum atomic E-state index is 12.6. The lowest BCUT2D eigenvalue weighted by Crippen LogP contribution is -2.41. The van der Waals surface area contributed by atoms with Gasteiger partial charge in [0.05, 0.1) is 17.8 Å². The largest absolute Gasteiger partial charge is 0.378 e. The minimum Gasteiger partial charge on any atom is -0.378 e. The molecular weight excluding hydrogens is 318 g/mol. The maximum absolute atomic E-state index is 12.6. The summed E-state index contributed by atoms with van der Waals surface area (Å²) in [6.45, 7) is 9.75. The van der Waals surface area contributed by atoms with Crippen LogP contribution in [-0.4, -0.2) is 53.2 Å². The number of carbonyl (C=O) groups is 1. The predicted octanol–water partition coefficient (Wildman–Crippen LogP) is 1.69. The summed E-state index contributed by atoms with van der Waals surface area (Å²) in [4.78, 5) is 12.6. The Bertz CT molecular complexity index is 580. The second-order valence-corrected chi connectivity index (χ2v) is 7.64. The van der Waals surface area contributed by atoms with Crippen LogP contribution in [0.1, 0.15) is 61.8 Å². The van der Waals surface area contributed by atoms with Crippen molar-refractivity contribution < 1.29 is 9.53 Å². The highest BCUT2D eigenvalue weighted by atomic mass is 16.5. The van der Waals surface area contributed by atoms with Crippen molar-refractivity contribution in [3.05, 3.63) is 11.4 Å². The molecule has 3 heterocycles. The van der Waals surface area contributed by atoms with E-state index in [0.29, 0.717) is 30.1 Å². The lowest BCUT2D eigenvalue weighted by molar-refractivity contribution is -0.0510. The van der Waals surface area contributed by atoms with Crippen molar-refractivity contribution in [2.75, 3.05) is 26.2 Å². The van der Waals surface area contributed by atoms with Gasteiger partial charge in [-0.15, -0.1) is 5.10 Å². The van der Waals surface area contributed by atoms with Gasteiger partial charge in [-0.2, -0.15) is 0 Å². The van der Waals surface area contributed by atoms with Gasteiger partial charge in [-0.25, -0.2) is 4.68 Å². The van der Waals surface area contributed by atoms with Crippen LogP contribution in [-0.2, 0) is 4.74 Å². The van der Waals surface area contributed by atoms with Gasteiger partial charge in [0, 0.05) is 19.1 Å². The molecule has 0 aliphatic carbocycles. The molecule has 2 aliphatic heterocycles. The number of nitrogens with one attached hydrogen (secondary N) is 2. The molecular formula is C18H31N5O2. The second-order valence-electron chi connectivity index (χ2n) is 7.64. The SMILES string of the molecule is Cc1c(C(=O)NC[C@H]2CCCO[C@@H]2C(C)C)nnn1C1CCNCC1. The van der Waals surface area contributed by atoms with Crippen LogP contribution in [0.15, 0.2) is 0 Å². The molecule has 1 amide bonds. The van der Waals surface area contributed by atoms with Gasteiger partial charge in [-0.1, -0.05) is 19.1 Å². The fourth-order valence-corrected chi connectivity index (χ4v) is 4.08. The number of hydrogen-bond donors (Lipinski definition) is 2. The van der Waals surface area contributed by atoms with Crippen LogP contribution in [0, 0.1) is 18.8 Å². The van der Waals surface area contributed by atoms with Gasteiger partial charge in [0.15, 0.2) is 5.69 Å². The van der Waals surface area contributed by atoms with Crippen molar-refractivity contribution in [2.24, 2.45) is 11.8 Å². The summed E-state index contributed by atoms with van der Waals surface area (Å²) in [6, 6.07) is 0.340. The molecule has 2 atom stereocenters. The summed E-state index contributed by atoms with van der Waals surface area (Å²) in [5.41, 5.74) is 1.32. The normalized spacial score (nSPS) is 25.3. The van der Waals surface area contributed by atoms with E-state index in [0.717, 1.165) is 51.1 Å². The number of piperidine rings is 1. The first-order chi connectivity index (χ1) is 12.1. The van der Waals surface area contributed by atoms with Gasteiger partial charge in [0.1, 0.15) is 0 Å². The fraction of sp³-hybridized carbons (Fsp3) is 0.833. The highest BCUT2D eigenvalue weighted by Crippen LogP contribution is 2.26. The van der Waals surface area contributed by atoms with Crippen LogP contribution in [0.2, 0.25) is 0 Å². The minimum atomic E-state index is -0.120. The van der Waals surface area contributed by atoms with E-state index < -0.39 is 0 Å². The van der Waals surface area contributed by atoms with Crippen LogP contribution >= 0.6 is 0 Å². The number of rotatable bonds is 5. The molecule has 0 aromatic carbocycles. The first kappa shape index (κ1) is 18.3. The van der Waals surface area contributed by atoms with Gasteiger partial charge in [-0.3, -0.25) is 4.79 Å². The summed E-state index contributed by atoms with van der Waals surface area (Å²) in [5.74, 6) is 0.716. The van der Waals surface area contributed by atoms with Crippen LogP contribution in [0.5, 0.6) is 0 Å². The van der Waals surface area contributed by atoms with Crippen molar-refractivity contribution in [2.45, 2.75) is 58.6 Å². The third-order valence-corrected chi connectivity index (χ3v) is 5.47. The highest BCUT2D eigenvalue weighted by Gasteiger charge is 2.29. The molecule has 7 heteroatoms. The zero-order chi connectivity index (χ0) is 17.8. The summed E-state index contributed by atoms with van der Waals surface area (Å²) < 4.78 is 7.83. The van der Waals surface area contributed by atoms with Crippen molar-refractivity contribution in [3.63, 3.8) is 0 Å². The topological polar surface area (TPSA) is 81.1 Å². The lowest BCUT2D eigenvalue weighted by atomic mass is 9.87. The van der Waals surface area contributed by atoms with Crippen LogP contribution in [0.3, 0.4) is 0 Å². The Morgan fingerprint density at radius 2 is 2.12 bits per heavy atom. The summed E-state index contributed by atoms with van der Waals surface area (Å²) in [6.07, 6.45) is 4.45. The molecule has 1 aromatic rings. The van der Waals surface area contributed by atoms with Crippen LogP contribution in [0.4, 0.5) is 0 Å². The van der Waals surface area contributed by atoms with Crippen LogP contribution < -0.4 is 10.6 Å². The molecule has 0 unspecified atom stereocenters. The van der Waals surface area contributed by atoms with E-state index in [9.17, 15) is 4.79 Å². The smallest absolute Gasteiger partial charge is 0.273 e. The van der Waals surface area contributed by atoms with Gasteiger partial charge in [0.25, 0.3) is 5.91 Å². The first-order valence-corrected chi connectivity index (χ1v) is 9.60. The Balaban J connectivity index is 1.60. The van der Waals surface area contributed by atoms with Gasteiger partial charge >= 0.3 is 0 Å². The predicted molar refractivity (Wildman–Crippen MR) is 95.5 cm³/mol. The molecule has 0 saturated carbocycles. The van der Waals surface area contributed by atoms with Gasteiger partial charge < -0.3 is 15.4 Å². The quantitative estimate of drug-likeness (QED) is 0.845.